The molecule has 2 aliphatic rings. The van der Waals surface area contributed by atoms with E-state index in [1.807, 2.05) is 39.8 Å². The lowest BCUT2D eigenvalue weighted by atomic mass is 9.88. The first-order valence-electron chi connectivity index (χ1n) is 13.9. The molecule has 1 fully saturated rings. The molecule has 0 aromatic carbocycles. The molecule has 0 unspecified atom stereocenters. The summed E-state index contributed by atoms with van der Waals surface area (Å²) in [4.78, 5) is 24.2. The van der Waals surface area contributed by atoms with E-state index < -0.39 is 35.9 Å². The van der Waals surface area contributed by atoms with E-state index in [9.17, 15) is 24.9 Å². The number of carbonyl (C=O) groups is 2. The van der Waals surface area contributed by atoms with Crippen LogP contribution in [0.5, 0.6) is 0 Å². The monoisotopic (exact) mass is 536 g/mol. The van der Waals surface area contributed by atoms with Crippen LogP contribution in [0.2, 0.25) is 0 Å². The molecular weight excluding hydrogens is 488 g/mol. The van der Waals surface area contributed by atoms with Crippen LogP contribution < -0.4 is 0 Å². The van der Waals surface area contributed by atoms with E-state index >= 15 is 0 Å². The maximum absolute atomic E-state index is 12.6. The van der Waals surface area contributed by atoms with Gasteiger partial charge in [0.15, 0.2) is 0 Å². The minimum absolute atomic E-state index is 0.105. The summed E-state index contributed by atoms with van der Waals surface area (Å²) in [7, 11) is 0. The second kappa shape index (κ2) is 14.4. The Morgan fingerprint density at radius 3 is 2.61 bits per heavy atom. The zero-order valence-corrected chi connectivity index (χ0v) is 24.0. The largest absolute Gasteiger partial charge is 0.457 e. The van der Waals surface area contributed by atoms with Crippen molar-refractivity contribution in [3.05, 3.63) is 36.0 Å². The van der Waals surface area contributed by atoms with Gasteiger partial charge in [0.05, 0.1) is 30.8 Å². The van der Waals surface area contributed by atoms with Crippen LogP contribution in [-0.2, 0) is 23.8 Å². The number of aliphatic hydroxyl groups excluding tert-OH is 2. The van der Waals surface area contributed by atoms with Crippen molar-refractivity contribution < 1.29 is 39.1 Å². The van der Waals surface area contributed by atoms with E-state index in [0.29, 0.717) is 0 Å². The molecule has 38 heavy (non-hydrogen) atoms. The van der Waals surface area contributed by atoms with Gasteiger partial charge in [-0.2, -0.15) is 0 Å². The molecule has 2 rings (SSSR count). The summed E-state index contributed by atoms with van der Waals surface area (Å²) in [5.41, 5.74) is -0.580. The molecule has 10 atom stereocenters. The Balaban J connectivity index is 2.12. The first kappa shape index (κ1) is 32.2. The van der Waals surface area contributed by atoms with E-state index in [0.717, 1.165) is 18.4 Å². The Bertz CT molecular complexity index is 875. The molecule has 2 heterocycles. The third-order valence-electron chi connectivity index (χ3n) is 7.63. The van der Waals surface area contributed by atoms with Crippen molar-refractivity contribution in [1.82, 2.24) is 0 Å². The fraction of sp³-hybridized carbons (Fsp3) is 0.733. The smallest absolute Gasteiger partial charge is 0.309 e. The SMILES string of the molecule is CC[C@H](O)[C@@H](C)[C@H]1O[C@@H]1C[C@H](C)/C=C/C=C(\C)[C@H]1OC(=O)C[C@H](O)CC[C@@](C)(O)[C@H](OC(C)=O)/C=C/[C@@H]1C. The summed E-state index contributed by atoms with van der Waals surface area (Å²) in [6, 6.07) is 0. The number of hydrogen-bond donors (Lipinski definition) is 3. The summed E-state index contributed by atoms with van der Waals surface area (Å²) < 4.78 is 16.9. The lowest BCUT2D eigenvalue weighted by Crippen LogP contribution is -2.42. The van der Waals surface area contributed by atoms with Gasteiger partial charge in [0.1, 0.15) is 17.8 Å². The predicted molar refractivity (Wildman–Crippen MR) is 145 cm³/mol. The average Bonchev–Trinajstić information content (AvgIpc) is 3.60. The first-order valence-corrected chi connectivity index (χ1v) is 13.9. The summed E-state index contributed by atoms with van der Waals surface area (Å²) in [5.74, 6) is -0.921. The molecular formula is C30H48O8. The summed E-state index contributed by atoms with van der Waals surface area (Å²) in [6.07, 6.45) is 8.50. The van der Waals surface area contributed by atoms with Crippen LogP contribution in [-0.4, -0.2) is 69.5 Å². The second-order valence-electron chi connectivity index (χ2n) is 11.4. The van der Waals surface area contributed by atoms with Crippen molar-refractivity contribution >= 4 is 11.9 Å². The molecule has 0 spiro atoms. The highest BCUT2D eigenvalue weighted by Gasteiger charge is 2.45. The number of allylic oxidation sites excluding steroid dienone is 3. The number of carbonyl (C=O) groups excluding carboxylic acids is 2. The Hall–Kier alpha value is -2.00. The normalized spacial score (nSPS) is 36.4. The van der Waals surface area contributed by atoms with Gasteiger partial charge in [0.25, 0.3) is 0 Å². The fourth-order valence-electron chi connectivity index (χ4n) is 4.97. The highest BCUT2D eigenvalue weighted by atomic mass is 16.6. The van der Waals surface area contributed by atoms with Gasteiger partial charge >= 0.3 is 11.9 Å². The lowest BCUT2D eigenvalue weighted by molar-refractivity contribution is -0.157. The van der Waals surface area contributed by atoms with Gasteiger partial charge in [-0.3, -0.25) is 9.59 Å². The van der Waals surface area contributed by atoms with E-state index in [2.05, 4.69) is 13.0 Å². The molecule has 1 saturated heterocycles. The minimum atomic E-state index is -1.40. The molecule has 0 bridgehead atoms. The fourth-order valence-corrected chi connectivity index (χ4v) is 4.97. The lowest BCUT2D eigenvalue weighted by Gasteiger charge is -2.32. The average molecular weight is 537 g/mol. The van der Waals surface area contributed by atoms with Gasteiger partial charge in [-0.05, 0) is 57.1 Å². The molecule has 0 radical (unpaired) electrons. The first-order chi connectivity index (χ1) is 17.7. The molecule has 8 heteroatoms. The zero-order chi connectivity index (χ0) is 28.6. The van der Waals surface area contributed by atoms with Crippen molar-refractivity contribution in [3.8, 4) is 0 Å². The molecule has 0 saturated carbocycles. The van der Waals surface area contributed by atoms with Crippen LogP contribution in [0.4, 0.5) is 0 Å². The van der Waals surface area contributed by atoms with Crippen molar-refractivity contribution in [1.29, 1.82) is 0 Å². The van der Waals surface area contributed by atoms with Gasteiger partial charge in [-0.15, -0.1) is 0 Å². The van der Waals surface area contributed by atoms with E-state index in [1.165, 1.54) is 6.92 Å². The summed E-state index contributed by atoms with van der Waals surface area (Å²) >= 11 is 0. The standard InChI is InChI=1S/C30H48O8/c1-8-24(33)21(5)29-25(37-29)16-18(2)10-9-11-19(3)28-20(4)12-13-26(36-22(6)31)30(7,35)15-14-23(32)17-27(34)38-28/h9-13,18,20-21,23-26,28-29,32-33,35H,8,14-17H2,1-7H3/b10-9+,13-12+,19-11+/t18-,20+,21-,23-,24+,25-,26-,28-,29-,30-/m1/s1. The summed E-state index contributed by atoms with van der Waals surface area (Å²) in [6.45, 7) is 12.7. The molecule has 3 N–H and O–H groups in total. The van der Waals surface area contributed by atoms with Gasteiger partial charge in [0, 0.05) is 18.8 Å². The molecule has 0 aromatic rings. The Labute approximate surface area is 227 Å². The molecule has 8 nitrogen and oxygen atoms in total. The van der Waals surface area contributed by atoms with E-state index in [-0.39, 0.29) is 55.3 Å². The van der Waals surface area contributed by atoms with E-state index in [4.69, 9.17) is 14.2 Å². The maximum atomic E-state index is 12.6. The van der Waals surface area contributed by atoms with Crippen molar-refractivity contribution in [2.45, 2.75) is 123 Å². The van der Waals surface area contributed by atoms with Crippen LogP contribution in [0.15, 0.2) is 36.0 Å². The number of cyclic esters (lactones) is 1. The van der Waals surface area contributed by atoms with Crippen LogP contribution in [0, 0.1) is 17.8 Å². The molecule has 0 aliphatic carbocycles. The number of aliphatic hydroxyl groups is 3. The second-order valence-corrected chi connectivity index (χ2v) is 11.4. The van der Waals surface area contributed by atoms with E-state index in [1.54, 1.807) is 19.1 Å². The summed E-state index contributed by atoms with van der Waals surface area (Å²) in [5, 5.41) is 31.3. The van der Waals surface area contributed by atoms with Gasteiger partial charge in [0.2, 0.25) is 0 Å². The zero-order valence-electron chi connectivity index (χ0n) is 24.0. The molecule has 216 valence electrons. The highest BCUT2D eigenvalue weighted by Crippen LogP contribution is 2.36. The quantitative estimate of drug-likeness (QED) is 0.175. The van der Waals surface area contributed by atoms with Crippen LogP contribution >= 0.6 is 0 Å². The maximum Gasteiger partial charge on any atom is 0.309 e. The minimum Gasteiger partial charge on any atom is -0.457 e. The molecule has 0 amide bonds. The number of esters is 2. The number of ether oxygens (including phenoxy) is 3. The number of rotatable bonds is 9. The molecule has 0 aromatic heterocycles. The van der Waals surface area contributed by atoms with Gasteiger partial charge in [-0.25, -0.2) is 0 Å². The Kier molecular flexibility index (Phi) is 12.2. The third-order valence-corrected chi connectivity index (χ3v) is 7.63. The Morgan fingerprint density at radius 1 is 1.29 bits per heavy atom. The van der Waals surface area contributed by atoms with Gasteiger partial charge < -0.3 is 29.5 Å². The third kappa shape index (κ3) is 9.95. The van der Waals surface area contributed by atoms with Gasteiger partial charge in [-0.1, -0.05) is 52.0 Å². The van der Waals surface area contributed by atoms with Crippen molar-refractivity contribution in [2.75, 3.05) is 0 Å². The highest BCUT2D eigenvalue weighted by molar-refractivity contribution is 5.70. The van der Waals surface area contributed by atoms with Crippen LogP contribution in [0.25, 0.3) is 0 Å². The predicted octanol–water partition coefficient (Wildman–Crippen LogP) is 4.02. The topological polar surface area (TPSA) is 126 Å². The van der Waals surface area contributed by atoms with Crippen molar-refractivity contribution in [3.63, 3.8) is 0 Å². The number of hydrogen-bond acceptors (Lipinski definition) is 8. The van der Waals surface area contributed by atoms with Crippen LogP contribution in [0.3, 0.4) is 0 Å². The van der Waals surface area contributed by atoms with Crippen LogP contribution in [0.1, 0.15) is 80.6 Å². The molecule has 2 aliphatic heterocycles. The number of epoxide rings is 1. The Morgan fingerprint density at radius 2 is 1.97 bits per heavy atom. The van der Waals surface area contributed by atoms with Crippen molar-refractivity contribution in [2.24, 2.45) is 17.8 Å².